The molecule has 0 saturated heterocycles. The lowest BCUT2D eigenvalue weighted by atomic mass is 10.1. The molecule has 2 aromatic carbocycles. The number of sulfonamides is 1. The maximum atomic E-state index is 12.5. The third-order valence-electron chi connectivity index (χ3n) is 3.06. The first-order valence-corrected chi connectivity index (χ1v) is 10.4. The predicted octanol–water partition coefficient (Wildman–Crippen LogP) is 4.73. The van der Waals surface area contributed by atoms with E-state index in [1.165, 1.54) is 11.8 Å². The largest absolute Gasteiger partial charge is 0.293 e. The molecule has 2 rings (SSSR count). The summed E-state index contributed by atoms with van der Waals surface area (Å²) < 4.78 is 24.7. The number of halogens is 2. The summed E-state index contributed by atoms with van der Waals surface area (Å²) in [6.07, 6.45) is 1.07. The standard InChI is InChI=1S/C16H15Cl2NO3S2/c1-10(23-16-13(17)4-3-5-14(16)18)15(20)11-6-8-12(9-7-11)19-24(2,21)22/h3-10,19H,1-2H3. The Kier molecular flexibility index (Phi) is 6.20. The molecule has 0 radical (unpaired) electrons. The zero-order chi connectivity index (χ0) is 17.9. The van der Waals surface area contributed by atoms with Gasteiger partial charge in [0.05, 0.1) is 21.6 Å². The first-order chi connectivity index (χ1) is 11.2. The van der Waals surface area contributed by atoms with Gasteiger partial charge in [0.15, 0.2) is 5.78 Å². The molecule has 0 saturated carbocycles. The molecule has 1 unspecified atom stereocenters. The molecule has 0 aromatic heterocycles. The fourth-order valence-corrected chi connectivity index (χ4v) is 4.16. The molecule has 0 amide bonds. The molecule has 128 valence electrons. The number of thioether (sulfide) groups is 1. The number of benzene rings is 2. The number of rotatable bonds is 6. The summed E-state index contributed by atoms with van der Waals surface area (Å²) >= 11 is 13.5. The van der Waals surface area contributed by atoms with Crippen LogP contribution in [-0.4, -0.2) is 25.7 Å². The highest BCUT2D eigenvalue weighted by Gasteiger charge is 2.19. The average molecular weight is 404 g/mol. The number of hydrogen-bond acceptors (Lipinski definition) is 4. The third kappa shape index (κ3) is 5.14. The number of ketones is 1. The van der Waals surface area contributed by atoms with E-state index in [9.17, 15) is 13.2 Å². The summed E-state index contributed by atoms with van der Waals surface area (Å²) in [4.78, 5) is 13.2. The number of Topliss-reactive ketones (excluding diaryl/α,β-unsaturated/α-hetero) is 1. The highest BCUT2D eigenvalue weighted by Crippen LogP contribution is 2.37. The van der Waals surface area contributed by atoms with Crippen LogP contribution in [0.1, 0.15) is 17.3 Å². The Morgan fingerprint density at radius 3 is 2.12 bits per heavy atom. The Morgan fingerprint density at radius 1 is 1.08 bits per heavy atom. The second-order valence-corrected chi connectivity index (χ2v) is 9.04. The van der Waals surface area contributed by atoms with Crippen molar-refractivity contribution < 1.29 is 13.2 Å². The summed E-state index contributed by atoms with van der Waals surface area (Å²) in [7, 11) is -3.35. The molecular formula is C16H15Cl2NO3S2. The Bertz CT molecular complexity index is 832. The van der Waals surface area contributed by atoms with Gasteiger partial charge in [0.2, 0.25) is 10.0 Å². The fourth-order valence-electron chi connectivity index (χ4n) is 1.98. The molecule has 0 spiro atoms. The Morgan fingerprint density at radius 2 is 1.62 bits per heavy atom. The van der Waals surface area contributed by atoms with E-state index < -0.39 is 15.3 Å². The van der Waals surface area contributed by atoms with Crippen molar-refractivity contribution in [2.45, 2.75) is 17.1 Å². The summed E-state index contributed by atoms with van der Waals surface area (Å²) in [5.74, 6) is -0.0955. The van der Waals surface area contributed by atoms with Crippen molar-refractivity contribution in [3.8, 4) is 0 Å². The van der Waals surface area contributed by atoms with Gasteiger partial charge in [-0.05, 0) is 43.3 Å². The van der Waals surface area contributed by atoms with E-state index in [0.29, 0.717) is 26.2 Å². The molecule has 1 atom stereocenters. The van der Waals surface area contributed by atoms with Crippen LogP contribution in [0.15, 0.2) is 47.4 Å². The van der Waals surface area contributed by atoms with Gasteiger partial charge < -0.3 is 0 Å². The molecule has 0 fully saturated rings. The predicted molar refractivity (Wildman–Crippen MR) is 101 cm³/mol. The van der Waals surface area contributed by atoms with Gasteiger partial charge in [-0.3, -0.25) is 9.52 Å². The van der Waals surface area contributed by atoms with E-state index in [0.717, 1.165) is 6.26 Å². The van der Waals surface area contributed by atoms with Gasteiger partial charge in [-0.2, -0.15) is 0 Å². The molecule has 0 bridgehead atoms. The number of nitrogens with one attached hydrogen (secondary N) is 1. The summed E-state index contributed by atoms with van der Waals surface area (Å²) in [6, 6.07) is 11.5. The van der Waals surface area contributed by atoms with Crippen LogP contribution in [-0.2, 0) is 10.0 Å². The third-order valence-corrected chi connectivity index (χ3v) is 5.76. The Labute approximate surface area is 155 Å². The lowest BCUT2D eigenvalue weighted by Gasteiger charge is -2.13. The van der Waals surface area contributed by atoms with Gasteiger partial charge in [-0.25, -0.2) is 8.42 Å². The van der Waals surface area contributed by atoms with Crippen molar-refractivity contribution in [2.24, 2.45) is 0 Å². The van der Waals surface area contributed by atoms with E-state index in [1.807, 2.05) is 0 Å². The quantitative estimate of drug-likeness (QED) is 0.559. The minimum Gasteiger partial charge on any atom is -0.293 e. The summed E-state index contributed by atoms with van der Waals surface area (Å²) in [5.41, 5.74) is 0.890. The van der Waals surface area contributed by atoms with Crippen LogP contribution < -0.4 is 4.72 Å². The van der Waals surface area contributed by atoms with E-state index in [2.05, 4.69) is 4.72 Å². The van der Waals surface area contributed by atoms with E-state index >= 15 is 0 Å². The lowest BCUT2D eigenvalue weighted by Crippen LogP contribution is -2.14. The number of hydrogen-bond donors (Lipinski definition) is 1. The van der Waals surface area contributed by atoms with Crippen molar-refractivity contribution in [1.29, 1.82) is 0 Å². The summed E-state index contributed by atoms with van der Waals surface area (Å²) in [5, 5.41) is 0.607. The zero-order valence-electron chi connectivity index (χ0n) is 12.9. The summed E-state index contributed by atoms with van der Waals surface area (Å²) in [6.45, 7) is 1.77. The first-order valence-electron chi connectivity index (χ1n) is 6.90. The molecule has 1 N–H and O–H groups in total. The minimum absolute atomic E-state index is 0.0955. The van der Waals surface area contributed by atoms with Crippen LogP contribution in [0.5, 0.6) is 0 Å². The van der Waals surface area contributed by atoms with Crippen LogP contribution in [0.25, 0.3) is 0 Å². The average Bonchev–Trinajstić information content (AvgIpc) is 2.49. The molecule has 0 aliphatic heterocycles. The van der Waals surface area contributed by atoms with Crippen molar-refractivity contribution in [1.82, 2.24) is 0 Å². The fraction of sp³-hybridized carbons (Fsp3) is 0.188. The molecule has 0 heterocycles. The second-order valence-electron chi connectivity index (χ2n) is 5.13. The molecule has 8 heteroatoms. The van der Waals surface area contributed by atoms with Gasteiger partial charge in [0.1, 0.15) is 0 Å². The molecule has 24 heavy (non-hydrogen) atoms. The monoisotopic (exact) mass is 403 g/mol. The topological polar surface area (TPSA) is 63.2 Å². The van der Waals surface area contributed by atoms with Gasteiger partial charge in [-0.1, -0.05) is 29.3 Å². The zero-order valence-corrected chi connectivity index (χ0v) is 16.1. The maximum absolute atomic E-state index is 12.5. The highest BCUT2D eigenvalue weighted by atomic mass is 35.5. The Balaban J connectivity index is 2.13. The number of anilines is 1. The minimum atomic E-state index is -3.35. The van der Waals surface area contributed by atoms with E-state index in [4.69, 9.17) is 23.2 Å². The lowest BCUT2D eigenvalue weighted by molar-refractivity contribution is 0.0994. The Hall–Kier alpha value is -1.21. The molecule has 2 aromatic rings. The van der Waals surface area contributed by atoms with Crippen LogP contribution >= 0.6 is 35.0 Å². The van der Waals surface area contributed by atoms with E-state index in [1.54, 1.807) is 49.4 Å². The van der Waals surface area contributed by atoms with E-state index in [-0.39, 0.29) is 5.78 Å². The molecule has 0 aliphatic rings. The van der Waals surface area contributed by atoms with Crippen molar-refractivity contribution in [2.75, 3.05) is 11.0 Å². The SMILES string of the molecule is CC(Sc1c(Cl)cccc1Cl)C(=O)c1ccc(NS(C)(=O)=O)cc1. The van der Waals surface area contributed by atoms with Gasteiger partial charge in [0.25, 0.3) is 0 Å². The molecule has 0 aliphatic carbocycles. The first kappa shape index (κ1) is 19.1. The normalized spacial score (nSPS) is 12.7. The van der Waals surface area contributed by atoms with Crippen molar-refractivity contribution in [3.63, 3.8) is 0 Å². The van der Waals surface area contributed by atoms with Crippen molar-refractivity contribution >= 4 is 56.5 Å². The van der Waals surface area contributed by atoms with Crippen LogP contribution in [0.4, 0.5) is 5.69 Å². The van der Waals surface area contributed by atoms with Gasteiger partial charge >= 0.3 is 0 Å². The van der Waals surface area contributed by atoms with Crippen LogP contribution in [0.2, 0.25) is 10.0 Å². The molecule has 4 nitrogen and oxygen atoms in total. The highest BCUT2D eigenvalue weighted by molar-refractivity contribution is 8.00. The van der Waals surface area contributed by atoms with Crippen molar-refractivity contribution in [3.05, 3.63) is 58.1 Å². The van der Waals surface area contributed by atoms with Crippen LogP contribution in [0, 0.1) is 0 Å². The number of carbonyl (C=O) groups excluding carboxylic acids is 1. The van der Waals surface area contributed by atoms with Gasteiger partial charge in [0, 0.05) is 16.1 Å². The molecular weight excluding hydrogens is 389 g/mol. The smallest absolute Gasteiger partial charge is 0.229 e. The maximum Gasteiger partial charge on any atom is 0.229 e. The second kappa shape index (κ2) is 7.78. The van der Waals surface area contributed by atoms with Gasteiger partial charge in [-0.15, -0.1) is 11.8 Å². The number of carbonyl (C=O) groups is 1. The van der Waals surface area contributed by atoms with Crippen LogP contribution in [0.3, 0.4) is 0 Å².